The lowest BCUT2D eigenvalue weighted by Crippen LogP contribution is -2.19. The summed E-state index contributed by atoms with van der Waals surface area (Å²) >= 11 is 4.80. The Bertz CT molecular complexity index is 882. The molecule has 3 rings (SSSR count). The molecule has 2 aromatic carbocycles. The molecule has 0 radical (unpaired) electrons. The number of benzene rings is 2. The summed E-state index contributed by atoms with van der Waals surface area (Å²) in [5, 5.41) is 3.35. The zero-order valence-corrected chi connectivity index (χ0v) is 16.7. The van der Waals surface area contributed by atoms with Gasteiger partial charge in [0.25, 0.3) is 5.91 Å². The van der Waals surface area contributed by atoms with Crippen LogP contribution in [0.15, 0.2) is 56.8 Å². The van der Waals surface area contributed by atoms with Crippen LogP contribution in [0.3, 0.4) is 0 Å². The molecule has 0 unspecified atom stereocenters. The van der Waals surface area contributed by atoms with Crippen molar-refractivity contribution in [2.75, 3.05) is 13.7 Å². The molecule has 134 valence electrons. The normalized spacial score (nSPS) is 16.8. The molecule has 1 aliphatic rings. The third-order valence-corrected chi connectivity index (χ3v) is 4.97. The molecule has 1 N–H and O–H groups in total. The maximum atomic E-state index is 12.2. The zero-order chi connectivity index (χ0) is 18.5. The van der Waals surface area contributed by atoms with Crippen LogP contribution in [0.25, 0.3) is 6.08 Å². The third-order valence-electron chi connectivity index (χ3n) is 3.48. The van der Waals surface area contributed by atoms with Crippen molar-refractivity contribution in [3.63, 3.8) is 0 Å². The second-order valence-corrected chi connectivity index (χ2v) is 7.17. The van der Waals surface area contributed by atoms with Gasteiger partial charge in [0, 0.05) is 0 Å². The number of halogens is 1. The van der Waals surface area contributed by atoms with E-state index in [0.717, 1.165) is 15.7 Å². The van der Waals surface area contributed by atoms with E-state index in [1.807, 2.05) is 49.4 Å². The highest BCUT2D eigenvalue weighted by Gasteiger charge is 2.24. The van der Waals surface area contributed by atoms with Gasteiger partial charge < -0.3 is 14.8 Å². The Morgan fingerprint density at radius 3 is 2.73 bits per heavy atom. The fourth-order valence-corrected chi connectivity index (χ4v) is 3.78. The van der Waals surface area contributed by atoms with E-state index in [-0.39, 0.29) is 5.91 Å². The van der Waals surface area contributed by atoms with E-state index in [1.54, 1.807) is 13.2 Å². The number of hydrogen-bond acceptors (Lipinski definition) is 5. The van der Waals surface area contributed by atoms with E-state index in [2.05, 4.69) is 26.2 Å². The van der Waals surface area contributed by atoms with E-state index < -0.39 is 0 Å². The molecule has 0 spiro atoms. The first-order valence-corrected chi connectivity index (χ1v) is 9.56. The standard InChI is InChI=1S/C19H17BrN2O3S/c1-3-25-17-14(20)9-12(10-15(17)24-2)11-16-18(23)22-19(26-16)21-13-7-5-4-6-8-13/h4-11H,3H2,1-2H3,(H,21,22,23)/b16-11+. The van der Waals surface area contributed by atoms with Gasteiger partial charge >= 0.3 is 0 Å². The van der Waals surface area contributed by atoms with Gasteiger partial charge in [-0.1, -0.05) is 18.2 Å². The van der Waals surface area contributed by atoms with Gasteiger partial charge in [-0.25, -0.2) is 4.99 Å². The van der Waals surface area contributed by atoms with Crippen LogP contribution < -0.4 is 14.8 Å². The van der Waals surface area contributed by atoms with Crippen molar-refractivity contribution in [2.24, 2.45) is 4.99 Å². The minimum Gasteiger partial charge on any atom is -0.493 e. The summed E-state index contributed by atoms with van der Waals surface area (Å²) in [4.78, 5) is 17.2. The van der Waals surface area contributed by atoms with E-state index in [9.17, 15) is 4.79 Å². The van der Waals surface area contributed by atoms with Crippen molar-refractivity contribution in [2.45, 2.75) is 6.92 Å². The lowest BCUT2D eigenvalue weighted by atomic mass is 10.2. The number of thioether (sulfide) groups is 1. The molecule has 0 saturated carbocycles. The highest BCUT2D eigenvalue weighted by molar-refractivity contribution is 9.10. The molecule has 1 amide bonds. The Labute approximate surface area is 164 Å². The summed E-state index contributed by atoms with van der Waals surface area (Å²) in [7, 11) is 1.59. The number of amides is 1. The number of nitrogens with one attached hydrogen (secondary N) is 1. The smallest absolute Gasteiger partial charge is 0.264 e. The summed E-state index contributed by atoms with van der Waals surface area (Å²) in [6, 6.07) is 13.2. The Hall–Kier alpha value is -2.25. The number of nitrogens with zero attached hydrogens (tertiary/aromatic N) is 1. The number of hydrogen-bond donors (Lipinski definition) is 1. The van der Waals surface area contributed by atoms with Crippen LogP contribution >= 0.6 is 27.7 Å². The number of rotatable bonds is 5. The quantitative estimate of drug-likeness (QED) is 0.692. The van der Waals surface area contributed by atoms with Crippen molar-refractivity contribution in [1.82, 2.24) is 5.32 Å². The van der Waals surface area contributed by atoms with Crippen LogP contribution in [0.2, 0.25) is 0 Å². The van der Waals surface area contributed by atoms with Crippen LogP contribution in [-0.2, 0) is 4.79 Å². The van der Waals surface area contributed by atoms with Crippen molar-refractivity contribution in [3.8, 4) is 11.5 Å². The minimum absolute atomic E-state index is 0.173. The van der Waals surface area contributed by atoms with Gasteiger partial charge in [-0.2, -0.15) is 0 Å². The van der Waals surface area contributed by atoms with Crippen LogP contribution in [0.4, 0.5) is 5.69 Å². The van der Waals surface area contributed by atoms with Gasteiger partial charge in [0.2, 0.25) is 0 Å². The molecular formula is C19H17BrN2O3S. The van der Waals surface area contributed by atoms with Gasteiger partial charge in [-0.05, 0) is 70.5 Å². The Morgan fingerprint density at radius 1 is 1.27 bits per heavy atom. The molecule has 7 heteroatoms. The first kappa shape index (κ1) is 18.5. The number of amidine groups is 1. The molecule has 2 aromatic rings. The number of carbonyl (C=O) groups excluding carboxylic acids is 1. The highest BCUT2D eigenvalue weighted by Crippen LogP contribution is 2.38. The topological polar surface area (TPSA) is 59.9 Å². The van der Waals surface area contributed by atoms with Crippen LogP contribution in [0, 0.1) is 0 Å². The highest BCUT2D eigenvalue weighted by atomic mass is 79.9. The van der Waals surface area contributed by atoms with Crippen molar-refractivity contribution < 1.29 is 14.3 Å². The molecular weight excluding hydrogens is 416 g/mol. The molecule has 1 saturated heterocycles. The summed E-state index contributed by atoms with van der Waals surface area (Å²) in [6.07, 6.45) is 1.80. The fourth-order valence-electron chi connectivity index (χ4n) is 2.36. The number of aliphatic imine (C=N–C) groups is 1. The molecule has 0 atom stereocenters. The first-order chi connectivity index (χ1) is 12.6. The average molecular weight is 433 g/mol. The zero-order valence-electron chi connectivity index (χ0n) is 14.3. The Kier molecular flexibility index (Phi) is 6.00. The molecule has 1 heterocycles. The van der Waals surface area contributed by atoms with Crippen LogP contribution in [0.5, 0.6) is 11.5 Å². The van der Waals surface area contributed by atoms with E-state index in [1.165, 1.54) is 11.8 Å². The monoisotopic (exact) mass is 432 g/mol. The number of ether oxygens (including phenoxy) is 2. The van der Waals surface area contributed by atoms with Crippen molar-refractivity contribution in [1.29, 1.82) is 0 Å². The van der Waals surface area contributed by atoms with Crippen LogP contribution in [-0.4, -0.2) is 24.8 Å². The second kappa shape index (κ2) is 8.42. The van der Waals surface area contributed by atoms with Crippen molar-refractivity contribution >= 4 is 50.5 Å². The molecule has 0 aromatic heterocycles. The SMILES string of the molecule is CCOc1c(Br)cc(/C=C2/SC(=Nc3ccccc3)NC2=O)cc1OC. The molecule has 1 aliphatic heterocycles. The Balaban J connectivity index is 1.87. The lowest BCUT2D eigenvalue weighted by molar-refractivity contribution is -0.115. The second-order valence-electron chi connectivity index (χ2n) is 5.28. The maximum Gasteiger partial charge on any atom is 0.264 e. The number of methoxy groups -OCH3 is 1. The summed E-state index contributed by atoms with van der Waals surface area (Å²) < 4.78 is 11.8. The third kappa shape index (κ3) is 4.28. The van der Waals surface area contributed by atoms with E-state index in [0.29, 0.717) is 28.2 Å². The fraction of sp³-hybridized carbons (Fsp3) is 0.158. The molecule has 5 nitrogen and oxygen atoms in total. The molecule has 0 aliphatic carbocycles. The molecule has 0 bridgehead atoms. The van der Waals surface area contributed by atoms with Crippen LogP contribution in [0.1, 0.15) is 12.5 Å². The Morgan fingerprint density at radius 2 is 2.04 bits per heavy atom. The summed E-state index contributed by atoms with van der Waals surface area (Å²) in [6.45, 7) is 2.45. The largest absolute Gasteiger partial charge is 0.493 e. The van der Waals surface area contributed by atoms with Crippen molar-refractivity contribution in [3.05, 3.63) is 57.4 Å². The maximum absolute atomic E-state index is 12.2. The minimum atomic E-state index is -0.173. The van der Waals surface area contributed by atoms with E-state index in [4.69, 9.17) is 9.47 Å². The lowest BCUT2D eigenvalue weighted by Gasteiger charge is -2.12. The predicted molar refractivity (Wildman–Crippen MR) is 109 cm³/mol. The average Bonchev–Trinajstić information content (AvgIpc) is 2.97. The van der Waals surface area contributed by atoms with Gasteiger partial charge in [0.15, 0.2) is 16.7 Å². The van der Waals surface area contributed by atoms with Gasteiger partial charge in [-0.3, -0.25) is 4.79 Å². The van der Waals surface area contributed by atoms with Gasteiger partial charge in [-0.15, -0.1) is 0 Å². The van der Waals surface area contributed by atoms with Gasteiger partial charge in [0.05, 0.1) is 28.8 Å². The summed E-state index contributed by atoms with van der Waals surface area (Å²) in [5.41, 5.74) is 1.62. The predicted octanol–water partition coefficient (Wildman–Crippen LogP) is 4.75. The molecule has 26 heavy (non-hydrogen) atoms. The first-order valence-electron chi connectivity index (χ1n) is 7.95. The summed E-state index contributed by atoms with van der Waals surface area (Å²) in [5.74, 6) is 1.08. The number of carbonyl (C=O) groups is 1. The van der Waals surface area contributed by atoms with E-state index >= 15 is 0 Å². The van der Waals surface area contributed by atoms with Gasteiger partial charge in [0.1, 0.15) is 0 Å². The number of para-hydroxylation sites is 1. The molecule has 1 fully saturated rings.